The first kappa shape index (κ1) is 17.5. The average Bonchev–Trinajstić information content (AvgIpc) is 3.11. The molecule has 5 nitrogen and oxygen atoms in total. The molecule has 3 N–H and O–H groups in total. The van der Waals surface area contributed by atoms with Crippen LogP contribution in [-0.4, -0.2) is 20.1 Å². The number of anilines is 1. The lowest BCUT2D eigenvalue weighted by Crippen LogP contribution is -2.06. The lowest BCUT2D eigenvalue weighted by molar-refractivity contribution is 0.220. The maximum atomic E-state index is 10.9. The molecule has 0 saturated carbocycles. The number of nitrogens with zero attached hydrogens (tertiary/aromatic N) is 2. The molecule has 3 heterocycles. The molecular formula is C21H19ClN4O. The second-order valence-corrected chi connectivity index (χ2v) is 6.83. The Morgan fingerprint density at radius 2 is 1.93 bits per heavy atom. The number of aromatic amines is 1. The molecule has 1 aromatic carbocycles. The van der Waals surface area contributed by atoms with Gasteiger partial charge in [0.05, 0.1) is 0 Å². The zero-order valence-corrected chi connectivity index (χ0v) is 15.5. The fraction of sp³-hybridized carbons (Fsp3) is 0.143. The number of aliphatic hydroxyl groups excluding tert-OH is 1. The van der Waals surface area contributed by atoms with Crippen molar-refractivity contribution in [1.29, 1.82) is 0 Å². The Bertz CT molecular complexity index is 1080. The highest BCUT2D eigenvalue weighted by atomic mass is 35.5. The highest BCUT2D eigenvalue weighted by Crippen LogP contribution is 2.29. The predicted octanol–water partition coefficient (Wildman–Crippen LogP) is 4.61. The molecule has 4 aromatic rings. The molecule has 0 fully saturated rings. The maximum Gasteiger partial charge on any atom is 0.137 e. The summed E-state index contributed by atoms with van der Waals surface area (Å²) < 4.78 is 0. The number of aryl methyl sites for hydroxylation is 1. The van der Waals surface area contributed by atoms with Crippen LogP contribution in [0.15, 0.2) is 60.9 Å². The minimum Gasteiger partial charge on any atom is -0.384 e. The van der Waals surface area contributed by atoms with Crippen molar-refractivity contribution in [1.82, 2.24) is 15.0 Å². The number of pyridine rings is 2. The third kappa shape index (κ3) is 3.65. The van der Waals surface area contributed by atoms with Gasteiger partial charge in [0.15, 0.2) is 0 Å². The van der Waals surface area contributed by atoms with Crippen LogP contribution in [-0.2, 0) is 6.54 Å². The molecule has 0 saturated heterocycles. The monoisotopic (exact) mass is 378 g/mol. The van der Waals surface area contributed by atoms with E-state index >= 15 is 0 Å². The Morgan fingerprint density at radius 1 is 1.11 bits per heavy atom. The molecule has 4 rings (SSSR count). The van der Waals surface area contributed by atoms with E-state index in [4.69, 9.17) is 11.6 Å². The van der Waals surface area contributed by atoms with Crippen molar-refractivity contribution in [2.45, 2.75) is 19.6 Å². The van der Waals surface area contributed by atoms with E-state index in [1.807, 2.05) is 55.5 Å². The Kier molecular flexibility index (Phi) is 4.79. The van der Waals surface area contributed by atoms with Crippen LogP contribution < -0.4 is 5.32 Å². The molecule has 27 heavy (non-hydrogen) atoms. The van der Waals surface area contributed by atoms with E-state index in [0.29, 0.717) is 6.54 Å². The van der Waals surface area contributed by atoms with Gasteiger partial charge in [0.25, 0.3) is 0 Å². The fourth-order valence-corrected chi connectivity index (χ4v) is 3.25. The number of hydrogen-bond acceptors (Lipinski definition) is 4. The first-order chi connectivity index (χ1) is 13.1. The van der Waals surface area contributed by atoms with Crippen LogP contribution in [0.4, 0.5) is 5.82 Å². The number of hydrogen-bond donors (Lipinski definition) is 3. The van der Waals surface area contributed by atoms with Crippen molar-refractivity contribution >= 4 is 28.5 Å². The van der Waals surface area contributed by atoms with E-state index in [0.717, 1.165) is 44.3 Å². The highest BCUT2D eigenvalue weighted by molar-refractivity contribution is 6.30. The average molecular weight is 379 g/mol. The van der Waals surface area contributed by atoms with Gasteiger partial charge in [0.1, 0.15) is 17.6 Å². The number of rotatable bonds is 5. The summed E-state index contributed by atoms with van der Waals surface area (Å²) in [4.78, 5) is 12.0. The first-order valence-corrected chi connectivity index (χ1v) is 9.05. The number of nitrogens with one attached hydrogen (secondary N) is 2. The van der Waals surface area contributed by atoms with Gasteiger partial charge in [0, 0.05) is 46.2 Å². The molecule has 0 bridgehead atoms. The summed E-state index contributed by atoms with van der Waals surface area (Å²) in [6.45, 7) is 2.55. The fourth-order valence-electron chi connectivity index (χ4n) is 3.13. The quantitative estimate of drug-likeness (QED) is 0.474. The van der Waals surface area contributed by atoms with Gasteiger partial charge >= 0.3 is 0 Å². The van der Waals surface area contributed by atoms with Gasteiger partial charge in [0.2, 0.25) is 0 Å². The number of aromatic nitrogens is 3. The molecule has 1 unspecified atom stereocenters. The molecule has 0 spiro atoms. The minimum absolute atomic E-state index is 0.652. The third-order valence-corrected chi connectivity index (χ3v) is 4.84. The van der Waals surface area contributed by atoms with Crippen LogP contribution in [0.1, 0.15) is 28.5 Å². The Labute approximate surface area is 162 Å². The zero-order valence-electron chi connectivity index (χ0n) is 14.8. The summed E-state index contributed by atoms with van der Waals surface area (Å²) in [6.07, 6.45) is 2.76. The van der Waals surface area contributed by atoms with E-state index in [9.17, 15) is 5.11 Å². The van der Waals surface area contributed by atoms with Crippen LogP contribution in [0.3, 0.4) is 0 Å². The summed E-state index contributed by atoms with van der Waals surface area (Å²) in [6, 6.07) is 15.3. The summed E-state index contributed by atoms with van der Waals surface area (Å²) in [5.41, 5.74) is 4.23. The van der Waals surface area contributed by atoms with Crippen LogP contribution in [0.5, 0.6) is 0 Å². The largest absolute Gasteiger partial charge is 0.384 e. The second-order valence-electron chi connectivity index (χ2n) is 6.40. The van der Waals surface area contributed by atoms with E-state index in [-0.39, 0.29) is 0 Å². The molecule has 6 heteroatoms. The van der Waals surface area contributed by atoms with Crippen LogP contribution >= 0.6 is 11.6 Å². The molecule has 0 aliphatic rings. The van der Waals surface area contributed by atoms with Gasteiger partial charge in [-0.25, -0.2) is 9.97 Å². The molecule has 0 amide bonds. The van der Waals surface area contributed by atoms with E-state index in [2.05, 4.69) is 20.3 Å². The number of fused-ring (bicyclic) bond motifs is 1. The van der Waals surface area contributed by atoms with Crippen LogP contribution in [0.25, 0.3) is 11.0 Å². The molecule has 136 valence electrons. The summed E-state index contributed by atoms with van der Waals surface area (Å²) in [7, 11) is 0. The highest BCUT2D eigenvalue weighted by Gasteiger charge is 2.18. The lowest BCUT2D eigenvalue weighted by atomic mass is 10.0. The van der Waals surface area contributed by atoms with E-state index < -0.39 is 6.10 Å². The van der Waals surface area contributed by atoms with Gasteiger partial charge in [-0.2, -0.15) is 0 Å². The first-order valence-electron chi connectivity index (χ1n) is 8.68. The van der Waals surface area contributed by atoms with Crippen molar-refractivity contribution in [3.8, 4) is 0 Å². The van der Waals surface area contributed by atoms with Gasteiger partial charge < -0.3 is 15.4 Å². The number of halogens is 1. The normalized spacial score (nSPS) is 12.3. The van der Waals surface area contributed by atoms with Crippen molar-refractivity contribution in [2.75, 3.05) is 5.32 Å². The van der Waals surface area contributed by atoms with E-state index in [1.54, 1.807) is 12.4 Å². The van der Waals surface area contributed by atoms with Crippen molar-refractivity contribution in [2.24, 2.45) is 0 Å². The molecule has 0 radical (unpaired) electrons. The third-order valence-electron chi connectivity index (χ3n) is 4.59. The SMILES string of the molecule is Cc1nc(NCc2ccc(Cl)cc2)ccc1C(O)c1c[nH]c2ncccc12. The Hall–Kier alpha value is -2.89. The molecule has 1 atom stereocenters. The second kappa shape index (κ2) is 7.39. The van der Waals surface area contributed by atoms with Crippen molar-refractivity contribution in [3.63, 3.8) is 0 Å². The number of benzene rings is 1. The number of H-pyrrole nitrogens is 1. The summed E-state index contributed by atoms with van der Waals surface area (Å²) in [5, 5.41) is 15.8. The van der Waals surface area contributed by atoms with Crippen LogP contribution in [0.2, 0.25) is 5.02 Å². The molecule has 0 aliphatic heterocycles. The Balaban J connectivity index is 1.53. The topological polar surface area (TPSA) is 73.8 Å². The zero-order chi connectivity index (χ0) is 18.8. The van der Waals surface area contributed by atoms with Gasteiger partial charge in [-0.1, -0.05) is 29.8 Å². The van der Waals surface area contributed by atoms with Crippen LogP contribution in [0, 0.1) is 6.92 Å². The van der Waals surface area contributed by atoms with Gasteiger partial charge in [-0.05, 0) is 42.8 Å². The lowest BCUT2D eigenvalue weighted by Gasteiger charge is -2.14. The summed E-state index contributed by atoms with van der Waals surface area (Å²) >= 11 is 5.91. The predicted molar refractivity (Wildman–Crippen MR) is 108 cm³/mol. The van der Waals surface area contributed by atoms with Crippen molar-refractivity contribution < 1.29 is 5.11 Å². The smallest absolute Gasteiger partial charge is 0.137 e. The van der Waals surface area contributed by atoms with E-state index in [1.165, 1.54) is 0 Å². The van der Waals surface area contributed by atoms with Gasteiger partial charge in [-0.3, -0.25) is 0 Å². The maximum absolute atomic E-state index is 10.9. The summed E-state index contributed by atoms with van der Waals surface area (Å²) in [5.74, 6) is 0.763. The van der Waals surface area contributed by atoms with Gasteiger partial charge in [-0.15, -0.1) is 0 Å². The standard InChI is InChI=1S/C21H19ClN4O/c1-13-16(20(27)18-12-25-21-17(18)3-2-10-23-21)8-9-19(26-13)24-11-14-4-6-15(22)7-5-14/h2-10,12,20,27H,11H2,1H3,(H,23,25)(H,24,26). The molecule has 0 aliphatic carbocycles. The Morgan fingerprint density at radius 3 is 2.70 bits per heavy atom. The van der Waals surface area contributed by atoms with Crippen molar-refractivity contribution in [3.05, 3.63) is 88.3 Å². The molecular weight excluding hydrogens is 360 g/mol. The minimum atomic E-state index is -0.763. The molecule has 3 aromatic heterocycles. The number of aliphatic hydroxyl groups is 1.